The molecule has 2 rings (SSSR count). The molecule has 0 N–H and O–H groups in total. The third kappa shape index (κ3) is 3.65. The molecule has 2 aromatic rings. The number of benzene rings is 2. The van der Waals surface area contributed by atoms with Crippen LogP contribution in [-0.4, -0.2) is 0 Å². The number of hydrogen-bond acceptors (Lipinski definition) is 0. The van der Waals surface area contributed by atoms with Gasteiger partial charge in [0.15, 0.2) is 0 Å². The normalized spacial score (nSPS) is 12.4. The Morgan fingerprint density at radius 1 is 1.00 bits per heavy atom. The molecule has 0 fully saturated rings. The van der Waals surface area contributed by atoms with Crippen molar-refractivity contribution in [3.8, 4) is 0 Å². The Balaban J connectivity index is 2.21. The first-order chi connectivity index (χ1) is 8.56. The Morgan fingerprint density at radius 2 is 1.72 bits per heavy atom. The van der Waals surface area contributed by atoms with Gasteiger partial charge >= 0.3 is 0 Å². The Kier molecular flexibility index (Phi) is 4.98. The minimum absolute atomic E-state index is 0.0377. The van der Waals surface area contributed by atoms with Crippen molar-refractivity contribution in [2.75, 3.05) is 0 Å². The first-order valence-electron chi connectivity index (χ1n) is 5.40. The molecule has 0 amide bonds. The third-order valence-corrected chi connectivity index (χ3v) is 4.40. The minimum atomic E-state index is -0.185. The van der Waals surface area contributed by atoms with Crippen LogP contribution < -0.4 is 0 Å². The minimum Gasteiger partial charge on any atom is -0.207 e. The van der Waals surface area contributed by atoms with Crippen LogP contribution in [-0.2, 0) is 6.42 Å². The van der Waals surface area contributed by atoms with E-state index in [1.54, 1.807) is 6.07 Å². The van der Waals surface area contributed by atoms with Gasteiger partial charge in [0, 0.05) is 19.3 Å². The fourth-order valence-corrected chi connectivity index (χ4v) is 3.29. The van der Waals surface area contributed by atoms with Gasteiger partial charge in [0.05, 0.1) is 0 Å². The van der Waals surface area contributed by atoms with Crippen molar-refractivity contribution in [2.24, 2.45) is 0 Å². The lowest BCUT2D eigenvalue weighted by Crippen LogP contribution is -1.98. The molecule has 4 heteroatoms. The highest BCUT2D eigenvalue weighted by atomic mass is 79.9. The van der Waals surface area contributed by atoms with Crippen LogP contribution in [0.2, 0.25) is 0 Å². The summed E-state index contributed by atoms with van der Waals surface area (Å²) in [6.07, 6.45) is 0.743. The number of hydrogen-bond donors (Lipinski definition) is 0. The monoisotopic (exact) mass is 434 g/mol. The van der Waals surface area contributed by atoms with Crippen molar-refractivity contribution in [3.63, 3.8) is 0 Å². The van der Waals surface area contributed by atoms with Crippen molar-refractivity contribution in [1.29, 1.82) is 0 Å². The zero-order chi connectivity index (χ0) is 13.1. The van der Waals surface area contributed by atoms with Gasteiger partial charge in [0.2, 0.25) is 0 Å². The maximum Gasteiger partial charge on any atom is 0.127 e. The predicted molar refractivity (Wildman–Crippen MR) is 83.6 cm³/mol. The van der Waals surface area contributed by atoms with Crippen LogP contribution in [0, 0.1) is 5.82 Å². The lowest BCUT2D eigenvalue weighted by molar-refractivity contribution is 0.607. The largest absolute Gasteiger partial charge is 0.207 e. The second-order valence-corrected chi connectivity index (χ2v) is 6.90. The third-order valence-electron chi connectivity index (χ3n) is 2.60. The van der Waals surface area contributed by atoms with Gasteiger partial charge in [-0.1, -0.05) is 59.9 Å². The quantitative estimate of drug-likeness (QED) is 0.515. The summed E-state index contributed by atoms with van der Waals surface area (Å²) >= 11 is 10.4. The van der Waals surface area contributed by atoms with Crippen molar-refractivity contribution in [3.05, 3.63) is 68.4 Å². The van der Waals surface area contributed by atoms with E-state index >= 15 is 0 Å². The van der Waals surface area contributed by atoms with Gasteiger partial charge in [0.25, 0.3) is 0 Å². The molecule has 0 bridgehead atoms. The van der Waals surface area contributed by atoms with E-state index < -0.39 is 0 Å². The second kappa shape index (κ2) is 6.31. The van der Waals surface area contributed by atoms with Crippen LogP contribution in [0.5, 0.6) is 0 Å². The van der Waals surface area contributed by atoms with E-state index in [4.69, 9.17) is 0 Å². The van der Waals surface area contributed by atoms with E-state index in [0.717, 1.165) is 20.9 Å². The fraction of sp³-hybridized carbons (Fsp3) is 0.143. The van der Waals surface area contributed by atoms with Crippen LogP contribution in [0.15, 0.2) is 51.4 Å². The van der Waals surface area contributed by atoms with Gasteiger partial charge in [-0.3, -0.25) is 0 Å². The Morgan fingerprint density at radius 3 is 2.44 bits per heavy atom. The summed E-state index contributed by atoms with van der Waals surface area (Å²) in [4.78, 5) is -0.0377. The Labute approximate surface area is 131 Å². The molecule has 0 spiro atoms. The SMILES string of the molecule is Fc1ccc(Br)cc1C(Br)Cc1cccc(Br)c1. The molecule has 0 aliphatic rings. The molecule has 1 atom stereocenters. The molecular formula is C14H10Br3F. The maximum absolute atomic E-state index is 13.7. The highest BCUT2D eigenvalue weighted by Crippen LogP contribution is 2.31. The van der Waals surface area contributed by atoms with Crippen molar-refractivity contribution in [1.82, 2.24) is 0 Å². The van der Waals surface area contributed by atoms with Gasteiger partial charge < -0.3 is 0 Å². The second-order valence-electron chi connectivity index (χ2n) is 3.97. The Hall–Kier alpha value is -0.190. The zero-order valence-electron chi connectivity index (χ0n) is 9.34. The molecule has 0 saturated carbocycles. The van der Waals surface area contributed by atoms with Crippen LogP contribution in [0.4, 0.5) is 4.39 Å². The first kappa shape index (κ1) is 14.2. The van der Waals surface area contributed by atoms with Crippen molar-refractivity contribution in [2.45, 2.75) is 11.2 Å². The van der Waals surface area contributed by atoms with E-state index in [2.05, 4.69) is 47.8 Å². The van der Waals surface area contributed by atoms with Gasteiger partial charge in [0.1, 0.15) is 5.82 Å². The van der Waals surface area contributed by atoms with Gasteiger partial charge in [-0.05, 0) is 42.3 Å². The molecule has 0 saturated heterocycles. The summed E-state index contributed by atoms with van der Waals surface area (Å²) < 4.78 is 15.7. The van der Waals surface area contributed by atoms with Crippen LogP contribution in [0.3, 0.4) is 0 Å². The van der Waals surface area contributed by atoms with Gasteiger partial charge in [-0.15, -0.1) is 0 Å². The van der Waals surface area contributed by atoms with Gasteiger partial charge in [-0.2, -0.15) is 0 Å². The van der Waals surface area contributed by atoms with E-state index in [1.807, 2.05) is 30.3 Å². The molecular weight excluding hydrogens is 427 g/mol. The van der Waals surface area contributed by atoms with E-state index in [-0.39, 0.29) is 10.6 Å². The van der Waals surface area contributed by atoms with Crippen LogP contribution >= 0.6 is 47.8 Å². The van der Waals surface area contributed by atoms with E-state index in [9.17, 15) is 4.39 Å². The lowest BCUT2D eigenvalue weighted by atomic mass is 10.0. The summed E-state index contributed by atoms with van der Waals surface area (Å²) in [6, 6.07) is 13.0. The molecule has 0 aliphatic carbocycles. The van der Waals surface area contributed by atoms with Gasteiger partial charge in [-0.25, -0.2) is 4.39 Å². The summed E-state index contributed by atoms with van der Waals surface area (Å²) in [5.74, 6) is -0.185. The molecule has 0 radical (unpaired) electrons. The smallest absolute Gasteiger partial charge is 0.127 e. The average Bonchev–Trinajstić information content (AvgIpc) is 2.32. The number of halogens is 4. The topological polar surface area (TPSA) is 0 Å². The summed E-state index contributed by atoms with van der Waals surface area (Å²) in [5, 5.41) is 0. The standard InChI is InChI=1S/C14H10Br3F/c15-10-3-1-2-9(6-10)7-13(17)12-8-11(16)4-5-14(12)18/h1-6,8,13H,7H2. The predicted octanol–water partition coefficient (Wildman–Crippen LogP) is 6.03. The summed E-state index contributed by atoms with van der Waals surface area (Å²) in [7, 11) is 0. The molecule has 94 valence electrons. The summed E-state index contributed by atoms with van der Waals surface area (Å²) in [6.45, 7) is 0. The van der Waals surface area contributed by atoms with Crippen molar-refractivity contribution >= 4 is 47.8 Å². The average molecular weight is 437 g/mol. The van der Waals surface area contributed by atoms with E-state index in [0.29, 0.717) is 5.56 Å². The van der Waals surface area contributed by atoms with E-state index in [1.165, 1.54) is 6.07 Å². The lowest BCUT2D eigenvalue weighted by Gasteiger charge is -2.12. The molecule has 0 nitrogen and oxygen atoms in total. The molecule has 18 heavy (non-hydrogen) atoms. The molecule has 1 unspecified atom stereocenters. The van der Waals surface area contributed by atoms with Crippen LogP contribution in [0.1, 0.15) is 16.0 Å². The summed E-state index contributed by atoms with van der Waals surface area (Å²) in [5.41, 5.74) is 1.83. The maximum atomic E-state index is 13.7. The highest BCUT2D eigenvalue weighted by molar-refractivity contribution is 9.10. The molecule has 0 heterocycles. The fourth-order valence-electron chi connectivity index (χ4n) is 1.74. The van der Waals surface area contributed by atoms with Crippen molar-refractivity contribution < 1.29 is 4.39 Å². The zero-order valence-corrected chi connectivity index (χ0v) is 14.1. The molecule has 0 aliphatic heterocycles. The number of rotatable bonds is 3. The molecule has 2 aromatic carbocycles. The Bertz CT molecular complexity index is 554. The molecule has 0 aromatic heterocycles. The first-order valence-corrected chi connectivity index (χ1v) is 7.90. The number of alkyl halides is 1. The highest BCUT2D eigenvalue weighted by Gasteiger charge is 2.13. The van der Waals surface area contributed by atoms with Crippen LogP contribution in [0.25, 0.3) is 0 Å².